The van der Waals surface area contributed by atoms with Crippen LogP contribution in [-0.2, 0) is 10.0 Å². The molecule has 35 heavy (non-hydrogen) atoms. The van der Waals surface area contributed by atoms with Crippen molar-refractivity contribution in [2.75, 3.05) is 4.72 Å². The van der Waals surface area contributed by atoms with Crippen LogP contribution < -0.4 is 10.0 Å². The number of rotatable bonds is 7. The molecule has 0 aliphatic heterocycles. The molecule has 0 aromatic heterocycles. The third kappa shape index (κ3) is 5.73. The second-order valence-corrected chi connectivity index (χ2v) is 10.3. The average Bonchev–Trinajstić information content (AvgIpc) is 2.85. The molecule has 4 aromatic carbocycles. The van der Waals surface area contributed by atoms with Crippen LogP contribution in [0.5, 0.6) is 0 Å². The van der Waals surface area contributed by atoms with Crippen molar-refractivity contribution in [1.82, 2.24) is 5.32 Å². The van der Waals surface area contributed by atoms with Crippen LogP contribution in [0.3, 0.4) is 0 Å². The van der Waals surface area contributed by atoms with Crippen molar-refractivity contribution in [3.63, 3.8) is 0 Å². The maximum atomic E-state index is 13.3. The van der Waals surface area contributed by atoms with Crippen molar-refractivity contribution in [3.8, 4) is 0 Å². The van der Waals surface area contributed by atoms with E-state index in [9.17, 15) is 13.2 Å². The van der Waals surface area contributed by atoms with E-state index in [1.807, 2.05) is 68.4 Å². The lowest BCUT2D eigenvalue weighted by Gasteiger charge is -2.22. The summed E-state index contributed by atoms with van der Waals surface area (Å²) in [4.78, 5) is 13.2. The number of halogens is 1. The maximum Gasteiger partial charge on any atom is 0.263 e. The predicted molar refractivity (Wildman–Crippen MR) is 140 cm³/mol. The molecular formula is C28H25ClN2O3S. The first kappa shape index (κ1) is 24.5. The van der Waals surface area contributed by atoms with Crippen LogP contribution in [0.2, 0.25) is 5.02 Å². The molecule has 0 unspecified atom stereocenters. The lowest BCUT2D eigenvalue weighted by molar-refractivity contribution is 0.0942. The number of hydrogen-bond acceptors (Lipinski definition) is 3. The zero-order valence-electron chi connectivity index (χ0n) is 19.3. The summed E-state index contributed by atoms with van der Waals surface area (Å²) in [5.74, 6) is -0.412. The van der Waals surface area contributed by atoms with E-state index in [-0.39, 0.29) is 15.5 Å². The molecule has 0 heterocycles. The summed E-state index contributed by atoms with van der Waals surface area (Å²) < 4.78 is 28.7. The number of aryl methyl sites for hydroxylation is 2. The normalized spacial score (nSPS) is 12.1. The molecule has 7 heteroatoms. The number of carbonyl (C=O) groups is 1. The molecule has 5 nitrogen and oxygen atoms in total. The highest BCUT2D eigenvalue weighted by Gasteiger charge is 2.23. The summed E-state index contributed by atoms with van der Waals surface area (Å²) in [5.41, 5.74) is 4.50. The van der Waals surface area contributed by atoms with Gasteiger partial charge in [-0.05, 0) is 60.9 Å². The predicted octanol–water partition coefficient (Wildman–Crippen LogP) is 6.28. The molecule has 178 valence electrons. The summed E-state index contributed by atoms with van der Waals surface area (Å²) in [6.07, 6.45) is 0. The zero-order valence-corrected chi connectivity index (χ0v) is 20.9. The van der Waals surface area contributed by atoms with Gasteiger partial charge in [-0.15, -0.1) is 0 Å². The average molecular weight is 505 g/mol. The van der Waals surface area contributed by atoms with Gasteiger partial charge in [-0.25, -0.2) is 8.42 Å². The summed E-state index contributed by atoms with van der Waals surface area (Å²) in [5, 5.41) is 3.09. The Morgan fingerprint density at radius 3 is 2.17 bits per heavy atom. The third-order valence-corrected chi connectivity index (χ3v) is 7.56. The highest BCUT2D eigenvalue weighted by Crippen LogP contribution is 2.28. The number of nitrogens with one attached hydrogen (secondary N) is 2. The van der Waals surface area contributed by atoms with Gasteiger partial charge in [-0.3, -0.25) is 9.52 Å². The van der Waals surface area contributed by atoms with E-state index in [0.717, 1.165) is 22.3 Å². The van der Waals surface area contributed by atoms with Crippen LogP contribution in [-0.4, -0.2) is 14.3 Å². The second kappa shape index (κ2) is 10.3. The van der Waals surface area contributed by atoms with Gasteiger partial charge in [0.05, 0.1) is 11.1 Å². The van der Waals surface area contributed by atoms with Crippen molar-refractivity contribution >= 4 is 33.2 Å². The molecule has 0 spiro atoms. The molecule has 4 aromatic rings. The van der Waals surface area contributed by atoms with Gasteiger partial charge in [0.1, 0.15) is 4.90 Å². The van der Waals surface area contributed by atoms with Crippen molar-refractivity contribution in [2.45, 2.75) is 24.8 Å². The maximum absolute atomic E-state index is 13.3. The Balaban J connectivity index is 1.66. The lowest BCUT2D eigenvalue weighted by Crippen LogP contribution is -2.30. The Morgan fingerprint density at radius 1 is 0.829 bits per heavy atom. The molecule has 0 aliphatic rings. The molecule has 2 N–H and O–H groups in total. The van der Waals surface area contributed by atoms with E-state index in [1.165, 1.54) is 18.2 Å². The first-order valence-corrected chi connectivity index (χ1v) is 12.9. The fourth-order valence-electron chi connectivity index (χ4n) is 3.79. The monoisotopic (exact) mass is 504 g/mol. The van der Waals surface area contributed by atoms with E-state index in [4.69, 9.17) is 11.6 Å². The molecule has 0 saturated heterocycles. The Bertz CT molecular complexity index is 1450. The molecule has 0 bridgehead atoms. The highest BCUT2D eigenvalue weighted by molar-refractivity contribution is 7.92. The molecule has 4 rings (SSSR count). The number of anilines is 1. The summed E-state index contributed by atoms with van der Waals surface area (Å²) >= 11 is 6.24. The first-order valence-electron chi connectivity index (χ1n) is 11.0. The third-order valence-electron chi connectivity index (χ3n) is 5.69. The van der Waals surface area contributed by atoms with Gasteiger partial charge in [-0.2, -0.15) is 0 Å². The zero-order chi connectivity index (χ0) is 25.0. The van der Waals surface area contributed by atoms with E-state index < -0.39 is 22.0 Å². The molecule has 1 amide bonds. The number of carbonyl (C=O) groups excluding carboxylic acids is 1. The van der Waals surface area contributed by atoms with Gasteiger partial charge in [0, 0.05) is 11.3 Å². The Kier molecular flexibility index (Phi) is 7.24. The van der Waals surface area contributed by atoms with Crippen LogP contribution in [0, 0.1) is 13.8 Å². The van der Waals surface area contributed by atoms with E-state index in [2.05, 4.69) is 10.0 Å². The topological polar surface area (TPSA) is 75.3 Å². The Hall–Kier alpha value is -3.61. The minimum absolute atomic E-state index is 0.0275. The van der Waals surface area contributed by atoms with Crippen LogP contribution in [0.4, 0.5) is 5.69 Å². The Morgan fingerprint density at radius 2 is 1.49 bits per heavy atom. The smallest absolute Gasteiger partial charge is 0.263 e. The largest absolute Gasteiger partial charge is 0.341 e. The van der Waals surface area contributed by atoms with Gasteiger partial charge >= 0.3 is 0 Å². The molecule has 0 aliphatic carbocycles. The first-order chi connectivity index (χ1) is 16.7. The fraction of sp³-hybridized carbons (Fsp3) is 0.107. The minimum atomic E-state index is -4.01. The number of sulfonamides is 1. The van der Waals surface area contributed by atoms with Gasteiger partial charge in [0.2, 0.25) is 0 Å². The number of benzene rings is 4. The molecule has 1 atom stereocenters. The standard InChI is InChI=1S/C28H25ClN2O3S/c1-19-12-15-23(16-13-19)31-35(33,34)26-18-22(14-17-25(26)29)28(32)30-27(21-9-4-3-5-10-21)24-11-7-6-8-20(24)2/h3-18,27,31H,1-2H3,(H,30,32)/t27-/m0/s1. The van der Waals surface area contributed by atoms with E-state index in [0.29, 0.717) is 5.69 Å². The number of hydrogen-bond donors (Lipinski definition) is 2. The van der Waals surface area contributed by atoms with E-state index in [1.54, 1.807) is 24.3 Å². The Labute approximate surface area is 210 Å². The van der Waals surface area contributed by atoms with Crippen molar-refractivity contribution < 1.29 is 13.2 Å². The molecule has 0 fully saturated rings. The molecule has 0 radical (unpaired) electrons. The second-order valence-electron chi connectivity index (χ2n) is 8.29. The number of amides is 1. The summed E-state index contributed by atoms with van der Waals surface area (Å²) in [7, 11) is -4.01. The van der Waals surface area contributed by atoms with Crippen LogP contribution >= 0.6 is 11.6 Å². The molecular weight excluding hydrogens is 480 g/mol. The quantitative estimate of drug-likeness (QED) is 0.311. The fourth-order valence-corrected chi connectivity index (χ4v) is 5.38. The van der Waals surface area contributed by atoms with Gasteiger partial charge in [0.15, 0.2) is 0 Å². The lowest BCUT2D eigenvalue weighted by atomic mass is 9.94. The SMILES string of the molecule is Cc1ccc(NS(=O)(=O)c2cc(C(=O)N[C@@H](c3ccccc3)c3ccccc3C)ccc2Cl)cc1. The van der Waals surface area contributed by atoms with Gasteiger partial charge in [0.25, 0.3) is 15.9 Å². The van der Waals surface area contributed by atoms with Crippen LogP contribution in [0.25, 0.3) is 0 Å². The van der Waals surface area contributed by atoms with Gasteiger partial charge in [-0.1, -0.05) is 83.9 Å². The van der Waals surface area contributed by atoms with Crippen LogP contribution in [0.1, 0.15) is 38.7 Å². The minimum Gasteiger partial charge on any atom is -0.341 e. The summed E-state index contributed by atoms with van der Waals surface area (Å²) in [6, 6.07) is 28.2. The highest BCUT2D eigenvalue weighted by atomic mass is 35.5. The molecule has 0 saturated carbocycles. The summed E-state index contributed by atoms with van der Waals surface area (Å²) in [6.45, 7) is 3.90. The van der Waals surface area contributed by atoms with Crippen molar-refractivity contribution in [2.24, 2.45) is 0 Å². The van der Waals surface area contributed by atoms with E-state index >= 15 is 0 Å². The van der Waals surface area contributed by atoms with Crippen molar-refractivity contribution in [1.29, 1.82) is 0 Å². The van der Waals surface area contributed by atoms with Crippen molar-refractivity contribution in [3.05, 3.63) is 130 Å². The van der Waals surface area contributed by atoms with Gasteiger partial charge < -0.3 is 5.32 Å². The van der Waals surface area contributed by atoms with Crippen LogP contribution in [0.15, 0.2) is 102 Å².